The number of nitrogens with one attached hydrogen (secondary N) is 1. The monoisotopic (exact) mass is 371 g/mol. The first-order valence-corrected chi connectivity index (χ1v) is 8.06. The van der Waals surface area contributed by atoms with Gasteiger partial charge in [-0.25, -0.2) is 9.78 Å². The lowest BCUT2D eigenvalue weighted by Crippen LogP contribution is -2.44. The number of halogens is 3. The Morgan fingerprint density at radius 2 is 1.81 bits per heavy atom. The molecular weight excluding hydrogens is 351 g/mol. The third-order valence-electron chi connectivity index (χ3n) is 3.94. The summed E-state index contributed by atoms with van der Waals surface area (Å²) in [6.07, 6.45) is -4.63. The molecule has 1 atom stereocenters. The average molecular weight is 371 g/mol. The van der Waals surface area contributed by atoms with Crippen LogP contribution >= 0.6 is 0 Å². The van der Waals surface area contributed by atoms with E-state index < -0.39 is 36.0 Å². The maximum absolute atomic E-state index is 13.2. The van der Waals surface area contributed by atoms with Crippen molar-refractivity contribution in [3.05, 3.63) is 29.6 Å². The van der Waals surface area contributed by atoms with Gasteiger partial charge in [0.25, 0.3) is 5.91 Å². The van der Waals surface area contributed by atoms with Crippen molar-refractivity contribution in [2.75, 3.05) is 0 Å². The molecular formula is C17H20F3N3O3. The van der Waals surface area contributed by atoms with Crippen LogP contribution in [-0.2, 0) is 11.0 Å². The summed E-state index contributed by atoms with van der Waals surface area (Å²) in [5.74, 6) is -3.25. The van der Waals surface area contributed by atoms with Gasteiger partial charge in [0.2, 0.25) is 5.82 Å². The zero-order valence-corrected chi connectivity index (χ0v) is 14.8. The van der Waals surface area contributed by atoms with Crippen LogP contribution in [0.3, 0.4) is 0 Å². The van der Waals surface area contributed by atoms with E-state index in [0.717, 1.165) is 4.57 Å². The Kier molecular flexibility index (Phi) is 5.29. The second-order valence-electron chi connectivity index (χ2n) is 6.63. The molecule has 0 aliphatic rings. The number of carbonyl (C=O) groups is 2. The molecule has 9 heteroatoms. The fourth-order valence-corrected chi connectivity index (χ4v) is 2.70. The number of rotatable bonds is 5. The van der Waals surface area contributed by atoms with Crippen LogP contribution in [0.4, 0.5) is 13.2 Å². The molecule has 142 valence electrons. The second kappa shape index (κ2) is 6.97. The van der Waals surface area contributed by atoms with E-state index in [1.807, 2.05) is 0 Å². The third-order valence-corrected chi connectivity index (χ3v) is 3.94. The highest BCUT2D eigenvalue weighted by Crippen LogP contribution is 2.33. The average Bonchev–Trinajstić information content (AvgIpc) is 2.90. The summed E-state index contributed by atoms with van der Waals surface area (Å²) in [7, 11) is 0. The molecule has 2 rings (SSSR count). The molecule has 0 saturated heterocycles. The van der Waals surface area contributed by atoms with Gasteiger partial charge >= 0.3 is 12.1 Å². The fourth-order valence-electron chi connectivity index (χ4n) is 2.70. The van der Waals surface area contributed by atoms with Crippen LogP contribution < -0.4 is 5.32 Å². The van der Waals surface area contributed by atoms with E-state index in [0.29, 0.717) is 0 Å². The number of carbonyl (C=O) groups excluding carboxylic acids is 1. The molecule has 2 N–H and O–H groups in total. The van der Waals surface area contributed by atoms with Gasteiger partial charge in [0.05, 0.1) is 11.0 Å². The van der Waals surface area contributed by atoms with Crippen LogP contribution in [0, 0.1) is 5.92 Å². The Morgan fingerprint density at radius 1 is 1.19 bits per heavy atom. The first kappa shape index (κ1) is 19.7. The van der Waals surface area contributed by atoms with Gasteiger partial charge in [-0.2, -0.15) is 13.2 Å². The molecule has 1 amide bonds. The van der Waals surface area contributed by atoms with Gasteiger partial charge in [-0.05, 0) is 38.0 Å². The number of carboxylic acids is 1. The van der Waals surface area contributed by atoms with E-state index in [2.05, 4.69) is 10.3 Å². The summed E-state index contributed by atoms with van der Waals surface area (Å²) in [6, 6.07) is 2.40. The number of nitrogens with zero attached hydrogens (tertiary/aromatic N) is 2. The molecule has 0 spiro atoms. The second-order valence-corrected chi connectivity index (χ2v) is 6.63. The molecule has 1 aromatic carbocycles. The highest BCUT2D eigenvalue weighted by atomic mass is 19.4. The minimum absolute atomic E-state index is 0.0232. The van der Waals surface area contributed by atoms with E-state index >= 15 is 0 Å². The predicted octanol–water partition coefficient (Wildman–Crippen LogP) is 3.48. The third kappa shape index (κ3) is 3.81. The summed E-state index contributed by atoms with van der Waals surface area (Å²) in [6.45, 7) is 6.50. The molecule has 0 aliphatic heterocycles. The standard InChI is InChI=1S/C17H20F3N3O3/c1-8(2)13(15(25)26)22-14(24)10-5-6-12-11(7-10)21-16(17(18,19)20)23(12)9(3)4/h5-9,13H,1-4H3,(H,22,24)(H,25,26)/t13-/m0/s1. The molecule has 1 heterocycles. The number of benzene rings is 1. The Bertz CT molecular complexity index is 841. The van der Waals surface area contributed by atoms with Crippen LogP contribution in [0.1, 0.15) is 49.9 Å². The lowest BCUT2D eigenvalue weighted by Gasteiger charge is -2.18. The normalized spacial score (nSPS) is 13.4. The molecule has 0 bridgehead atoms. The number of fused-ring (bicyclic) bond motifs is 1. The van der Waals surface area contributed by atoms with Gasteiger partial charge in [-0.15, -0.1) is 0 Å². The van der Waals surface area contributed by atoms with Gasteiger partial charge < -0.3 is 15.0 Å². The predicted molar refractivity (Wildman–Crippen MR) is 88.8 cm³/mol. The van der Waals surface area contributed by atoms with Gasteiger partial charge in [-0.3, -0.25) is 4.79 Å². The summed E-state index contributed by atoms with van der Waals surface area (Å²) in [5.41, 5.74) is 0.323. The van der Waals surface area contributed by atoms with Crippen LogP contribution in [0.15, 0.2) is 18.2 Å². The quantitative estimate of drug-likeness (QED) is 0.843. The van der Waals surface area contributed by atoms with Crippen molar-refractivity contribution in [1.29, 1.82) is 0 Å². The summed E-state index contributed by atoms with van der Waals surface area (Å²) in [5, 5.41) is 11.5. The molecule has 0 unspecified atom stereocenters. The minimum Gasteiger partial charge on any atom is -0.480 e. The van der Waals surface area contributed by atoms with Gasteiger partial charge in [-0.1, -0.05) is 13.8 Å². The van der Waals surface area contributed by atoms with Crippen LogP contribution in [0.25, 0.3) is 11.0 Å². The Hall–Kier alpha value is -2.58. The number of hydrogen-bond donors (Lipinski definition) is 2. The molecule has 26 heavy (non-hydrogen) atoms. The highest BCUT2D eigenvalue weighted by Gasteiger charge is 2.38. The molecule has 1 aromatic heterocycles. The summed E-state index contributed by atoms with van der Waals surface area (Å²) < 4.78 is 40.7. The number of hydrogen-bond acceptors (Lipinski definition) is 3. The van der Waals surface area contributed by atoms with Gasteiger partial charge in [0, 0.05) is 11.6 Å². The maximum atomic E-state index is 13.2. The van der Waals surface area contributed by atoms with E-state index in [4.69, 9.17) is 5.11 Å². The largest absolute Gasteiger partial charge is 0.480 e. The lowest BCUT2D eigenvalue weighted by atomic mass is 10.0. The maximum Gasteiger partial charge on any atom is 0.449 e. The van der Waals surface area contributed by atoms with Crippen molar-refractivity contribution in [1.82, 2.24) is 14.9 Å². The van der Waals surface area contributed by atoms with Crippen molar-refractivity contribution in [2.45, 2.75) is 46.0 Å². The fraction of sp³-hybridized carbons (Fsp3) is 0.471. The van der Waals surface area contributed by atoms with Crippen LogP contribution in [0.2, 0.25) is 0 Å². The molecule has 0 fully saturated rings. The Balaban J connectivity index is 2.46. The number of aliphatic carboxylic acids is 1. The van der Waals surface area contributed by atoms with E-state index in [1.165, 1.54) is 18.2 Å². The highest BCUT2D eigenvalue weighted by molar-refractivity contribution is 5.99. The zero-order chi connectivity index (χ0) is 19.8. The Labute approximate surface area is 148 Å². The number of carboxylic acid groups (broad SMARTS) is 1. The van der Waals surface area contributed by atoms with Crippen molar-refractivity contribution < 1.29 is 27.9 Å². The summed E-state index contributed by atoms with van der Waals surface area (Å²) >= 11 is 0. The van der Waals surface area contributed by atoms with Crippen molar-refractivity contribution in [3.63, 3.8) is 0 Å². The molecule has 0 aliphatic carbocycles. The SMILES string of the molecule is CC(C)[C@H](NC(=O)c1ccc2c(c1)nc(C(F)(F)F)n2C(C)C)C(=O)O. The van der Waals surface area contributed by atoms with Crippen molar-refractivity contribution in [2.24, 2.45) is 5.92 Å². The summed E-state index contributed by atoms with van der Waals surface area (Å²) in [4.78, 5) is 27.1. The first-order valence-electron chi connectivity index (χ1n) is 8.06. The minimum atomic E-state index is -4.63. The van der Waals surface area contributed by atoms with E-state index in [-0.39, 0.29) is 22.5 Å². The molecule has 6 nitrogen and oxygen atoms in total. The van der Waals surface area contributed by atoms with Crippen LogP contribution in [-0.4, -0.2) is 32.6 Å². The zero-order valence-electron chi connectivity index (χ0n) is 14.8. The lowest BCUT2D eigenvalue weighted by molar-refractivity contribution is -0.147. The topological polar surface area (TPSA) is 84.2 Å². The molecule has 0 saturated carbocycles. The van der Waals surface area contributed by atoms with Crippen LogP contribution in [0.5, 0.6) is 0 Å². The molecule has 2 aromatic rings. The number of amides is 1. The molecule has 0 radical (unpaired) electrons. The van der Waals surface area contributed by atoms with E-state index in [9.17, 15) is 22.8 Å². The van der Waals surface area contributed by atoms with Gasteiger partial charge in [0.1, 0.15) is 6.04 Å². The number of alkyl halides is 3. The van der Waals surface area contributed by atoms with Gasteiger partial charge in [0.15, 0.2) is 0 Å². The van der Waals surface area contributed by atoms with Crippen molar-refractivity contribution in [3.8, 4) is 0 Å². The Morgan fingerprint density at radius 3 is 2.27 bits per heavy atom. The number of aromatic nitrogens is 2. The smallest absolute Gasteiger partial charge is 0.449 e. The number of imidazole rings is 1. The van der Waals surface area contributed by atoms with E-state index in [1.54, 1.807) is 27.7 Å². The van der Waals surface area contributed by atoms with Crippen molar-refractivity contribution >= 4 is 22.9 Å². The first-order chi connectivity index (χ1) is 11.9.